The molecule has 21 heavy (non-hydrogen) atoms. The van der Waals surface area contributed by atoms with Gasteiger partial charge in [-0.25, -0.2) is 4.79 Å². The number of hydrogen-bond acceptors (Lipinski definition) is 3. The summed E-state index contributed by atoms with van der Waals surface area (Å²) in [6.45, 7) is 1.80. The maximum Gasteiger partial charge on any atom is 0.335 e. The second-order valence-electron chi connectivity index (χ2n) is 5.59. The smallest absolute Gasteiger partial charge is 0.335 e. The van der Waals surface area contributed by atoms with E-state index in [1.54, 1.807) is 19.1 Å². The van der Waals surface area contributed by atoms with E-state index in [4.69, 9.17) is 5.11 Å². The molecule has 1 fully saturated rings. The van der Waals surface area contributed by atoms with Crippen molar-refractivity contribution >= 4 is 23.6 Å². The Morgan fingerprint density at radius 3 is 2.62 bits per heavy atom. The van der Waals surface area contributed by atoms with Crippen LogP contribution in [0.15, 0.2) is 18.2 Å². The summed E-state index contributed by atoms with van der Waals surface area (Å²) in [5.41, 5.74) is 1.37. The van der Waals surface area contributed by atoms with E-state index in [1.165, 1.54) is 12.5 Å². The average molecular weight is 307 g/mol. The van der Waals surface area contributed by atoms with Crippen molar-refractivity contribution in [2.75, 3.05) is 6.26 Å². The lowest BCUT2D eigenvalue weighted by Gasteiger charge is -2.28. The monoisotopic (exact) mass is 307 g/mol. The van der Waals surface area contributed by atoms with Gasteiger partial charge in [0.15, 0.2) is 0 Å². The lowest BCUT2D eigenvalue weighted by molar-refractivity contribution is 0.0696. The number of carbonyl (C=O) groups is 2. The normalized spacial score (nSPS) is 21.8. The standard InChI is InChI=1S/C16H21NO3S/c1-10-6-11(8-12(7-10)16(19)20)15(18)17-13-4-3-5-14(9-13)21-2/h6-8,13-14H,3-5,9H2,1-2H3,(H,17,18)(H,19,20). The molecule has 2 atom stereocenters. The Bertz CT molecular complexity index is 544. The van der Waals surface area contributed by atoms with Crippen molar-refractivity contribution in [1.82, 2.24) is 5.32 Å². The molecule has 2 rings (SSSR count). The predicted octanol–water partition coefficient (Wildman–Crippen LogP) is 3.10. The summed E-state index contributed by atoms with van der Waals surface area (Å²) < 4.78 is 0. The zero-order valence-corrected chi connectivity index (χ0v) is 13.2. The summed E-state index contributed by atoms with van der Waals surface area (Å²) in [5, 5.41) is 12.7. The third-order valence-corrected chi connectivity index (χ3v) is 4.98. The predicted molar refractivity (Wildman–Crippen MR) is 85.2 cm³/mol. The number of benzene rings is 1. The number of rotatable bonds is 4. The third-order valence-electron chi connectivity index (χ3n) is 3.88. The molecule has 0 aromatic heterocycles. The number of nitrogens with one attached hydrogen (secondary N) is 1. The summed E-state index contributed by atoms with van der Waals surface area (Å²) in [6.07, 6.45) is 6.44. The van der Waals surface area contributed by atoms with Crippen LogP contribution in [0.2, 0.25) is 0 Å². The van der Waals surface area contributed by atoms with Gasteiger partial charge in [0.1, 0.15) is 0 Å². The van der Waals surface area contributed by atoms with Gasteiger partial charge in [0.05, 0.1) is 5.56 Å². The first-order valence-corrected chi connectivity index (χ1v) is 8.47. The Balaban J connectivity index is 2.08. The second-order valence-corrected chi connectivity index (χ2v) is 6.73. The van der Waals surface area contributed by atoms with Gasteiger partial charge in [-0.05, 0) is 56.2 Å². The minimum atomic E-state index is -1.01. The zero-order valence-electron chi connectivity index (χ0n) is 12.4. The van der Waals surface area contributed by atoms with Crippen molar-refractivity contribution in [2.24, 2.45) is 0 Å². The van der Waals surface area contributed by atoms with E-state index < -0.39 is 5.97 Å². The van der Waals surface area contributed by atoms with E-state index in [-0.39, 0.29) is 17.5 Å². The molecule has 1 aromatic carbocycles. The van der Waals surface area contributed by atoms with Gasteiger partial charge in [-0.2, -0.15) is 11.8 Å². The van der Waals surface area contributed by atoms with Crippen LogP contribution in [0.3, 0.4) is 0 Å². The molecule has 1 aliphatic carbocycles. The van der Waals surface area contributed by atoms with Crippen molar-refractivity contribution in [2.45, 2.75) is 43.9 Å². The zero-order chi connectivity index (χ0) is 15.4. The van der Waals surface area contributed by atoms with Crippen LogP contribution in [-0.2, 0) is 0 Å². The molecule has 1 amide bonds. The Morgan fingerprint density at radius 2 is 1.95 bits per heavy atom. The van der Waals surface area contributed by atoms with Crippen molar-refractivity contribution in [3.8, 4) is 0 Å². The molecule has 114 valence electrons. The first-order valence-electron chi connectivity index (χ1n) is 7.18. The first kappa shape index (κ1) is 15.9. The van der Waals surface area contributed by atoms with Gasteiger partial charge in [-0.3, -0.25) is 4.79 Å². The van der Waals surface area contributed by atoms with Gasteiger partial charge in [0.25, 0.3) is 5.91 Å². The molecular formula is C16H21NO3S. The lowest BCUT2D eigenvalue weighted by atomic mass is 9.94. The summed E-state index contributed by atoms with van der Waals surface area (Å²) in [4.78, 5) is 23.4. The molecule has 0 bridgehead atoms. The quantitative estimate of drug-likeness (QED) is 0.897. The van der Waals surface area contributed by atoms with Gasteiger partial charge in [-0.15, -0.1) is 0 Å². The number of carboxylic acid groups (broad SMARTS) is 1. The van der Waals surface area contributed by atoms with Crippen LogP contribution >= 0.6 is 11.8 Å². The molecule has 5 heteroatoms. The third kappa shape index (κ3) is 4.24. The van der Waals surface area contributed by atoms with Gasteiger partial charge < -0.3 is 10.4 Å². The fourth-order valence-electron chi connectivity index (χ4n) is 2.80. The van der Waals surface area contributed by atoms with E-state index in [2.05, 4.69) is 11.6 Å². The highest BCUT2D eigenvalue weighted by molar-refractivity contribution is 7.99. The fourth-order valence-corrected chi connectivity index (χ4v) is 3.62. The lowest BCUT2D eigenvalue weighted by Crippen LogP contribution is -2.39. The Hall–Kier alpha value is -1.49. The molecule has 0 spiro atoms. The van der Waals surface area contributed by atoms with E-state index >= 15 is 0 Å². The van der Waals surface area contributed by atoms with E-state index in [9.17, 15) is 9.59 Å². The molecule has 0 aliphatic heterocycles. The SMILES string of the molecule is CSC1CCCC(NC(=O)c2cc(C)cc(C(=O)O)c2)C1. The van der Waals surface area contributed by atoms with Crippen molar-refractivity contribution in [1.29, 1.82) is 0 Å². The molecule has 4 nitrogen and oxygen atoms in total. The minimum absolute atomic E-state index is 0.158. The Morgan fingerprint density at radius 1 is 1.24 bits per heavy atom. The largest absolute Gasteiger partial charge is 0.478 e. The Labute approximate surface area is 129 Å². The van der Waals surface area contributed by atoms with Crippen LogP contribution in [-0.4, -0.2) is 34.5 Å². The maximum absolute atomic E-state index is 12.3. The van der Waals surface area contributed by atoms with Crippen LogP contribution < -0.4 is 5.32 Å². The van der Waals surface area contributed by atoms with Crippen LogP contribution in [0.5, 0.6) is 0 Å². The molecule has 2 unspecified atom stereocenters. The molecule has 0 heterocycles. The summed E-state index contributed by atoms with van der Waals surface area (Å²) >= 11 is 1.85. The van der Waals surface area contributed by atoms with Crippen molar-refractivity contribution in [3.63, 3.8) is 0 Å². The van der Waals surface area contributed by atoms with Crippen molar-refractivity contribution in [3.05, 3.63) is 34.9 Å². The first-order chi connectivity index (χ1) is 9.99. The summed E-state index contributed by atoms with van der Waals surface area (Å²) in [7, 11) is 0. The summed E-state index contributed by atoms with van der Waals surface area (Å²) in [6, 6.07) is 4.94. The number of amides is 1. The number of hydrogen-bond donors (Lipinski definition) is 2. The Kier molecular flexibility index (Phi) is 5.28. The van der Waals surface area contributed by atoms with Gasteiger partial charge in [0, 0.05) is 16.9 Å². The average Bonchev–Trinajstić information content (AvgIpc) is 2.46. The van der Waals surface area contributed by atoms with Crippen LogP contribution in [0.25, 0.3) is 0 Å². The fraction of sp³-hybridized carbons (Fsp3) is 0.500. The van der Waals surface area contributed by atoms with E-state index in [0.717, 1.165) is 24.8 Å². The topological polar surface area (TPSA) is 66.4 Å². The molecule has 1 aromatic rings. The number of carboxylic acids is 1. The second kappa shape index (κ2) is 6.98. The van der Waals surface area contributed by atoms with Gasteiger partial charge in [0.2, 0.25) is 0 Å². The highest BCUT2D eigenvalue weighted by atomic mass is 32.2. The molecule has 0 saturated heterocycles. The van der Waals surface area contributed by atoms with Crippen LogP contribution in [0.1, 0.15) is 52.0 Å². The molecule has 0 radical (unpaired) electrons. The number of carbonyl (C=O) groups excluding carboxylic acids is 1. The molecule has 2 N–H and O–H groups in total. The van der Waals surface area contributed by atoms with E-state index in [0.29, 0.717) is 10.8 Å². The maximum atomic E-state index is 12.3. The van der Waals surface area contributed by atoms with E-state index in [1.807, 2.05) is 11.8 Å². The summed E-state index contributed by atoms with van der Waals surface area (Å²) in [5.74, 6) is -1.18. The van der Waals surface area contributed by atoms with Crippen molar-refractivity contribution < 1.29 is 14.7 Å². The molecule has 1 aliphatic rings. The van der Waals surface area contributed by atoms with Gasteiger partial charge >= 0.3 is 5.97 Å². The highest BCUT2D eigenvalue weighted by Crippen LogP contribution is 2.27. The minimum Gasteiger partial charge on any atom is -0.478 e. The number of aromatic carboxylic acids is 1. The number of aryl methyl sites for hydroxylation is 1. The molecule has 1 saturated carbocycles. The molecular weight excluding hydrogens is 286 g/mol. The number of thioether (sulfide) groups is 1. The highest BCUT2D eigenvalue weighted by Gasteiger charge is 2.23. The van der Waals surface area contributed by atoms with Crippen LogP contribution in [0.4, 0.5) is 0 Å². The van der Waals surface area contributed by atoms with Gasteiger partial charge in [-0.1, -0.05) is 6.42 Å². The van der Waals surface area contributed by atoms with Crippen LogP contribution in [0, 0.1) is 6.92 Å².